The number of aliphatic imine (C=N–C) groups is 1. The molecule has 0 aliphatic carbocycles. The predicted molar refractivity (Wildman–Crippen MR) is 107 cm³/mol. The molecule has 1 heterocycles. The first-order valence-corrected chi connectivity index (χ1v) is 9.30. The number of hydrogen-bond donors (Lipinski definition) is 2. The molecule has 1 saturated heterocycles. The van der Waals surface area contributed by atoms with E-state index in [1.54, 1.807) is 7.11 Å². The second-order valence-electron chi connectivity index (χ2n) is 6.17. The summed E-state index contributed by atoms with van der Waals surface area (Å²) >= 11 is 0. The lowest BCUT2D eigenvalue weighted by atomic mass is 10.0. The average Bonchev–Trinajstić information content (AvgIpc) is 2.71. The summed E-state index contributed by atoms with van der Waals surface area (Å²) in [5.74, 6) is 1.71. The van der Waals surface area contributed by atoms with Crippen LogP contribution < -0.4 is 15.4 Å². The Labute approximate surface area is 157 Å². The molecule has 1 aromatic carbocycles. The predicted octanol–water partition coefficient (Wildman–Crippen LogP) is 2.20. The Balaban J connectivity index is 2.00. The summed E-state index contributed by atoms with van der Waals surface area (Å²) in [7, 11) is 3.50. The molecule has 6 nitrogen and oxygen atoms in total. The number of guanidine groups is 1. The average molecular weight is 361 g/mol. The van der Waals surface area contributed by atoms with Crippen molar-refractivity contribution in [2.24, 2.45) is 4.99 Å². The van der Waals surface area contributed by atoms with Crippen LogP contribution in [0.15, 0.2) is 41.4 Å². The van der Waals surface area contributed by atoms with Crippen molar-refractivity contribution in [3.05, 3.63) is 42.0 Å². The second kappa shape index (κ2) is 11.5. The smallest absolute Gasteiger partial charge is 0.191 e. The minimum Gasteiger partial charge on any atom is -0.497 e. The molecular weight excluding hydrogens is 328 g/mol. The van der Waals surface area contributed by atoms with Crippen LogP contribution in [0.3, 0.4) is 0 Å². The highest BCUT2D eigenvalue weighted by Gasteiger charge is 2.23. The molecule has 1 fully saturated rings. The number of rotatable bonds is 8. The summed E-state index contributed by atoms with van der Waals surface area (Å²) in [6, 6.07) is 8.59. The molecule has 144 valence electrons. The summed E-state index contributed by atoms with van der Waals surface area (Å²) in [6.07, 6.45) is 5.20. The van der Waals surface area contributed by atoms with Gasteiger partial charge in [-0.25, -0.2) is 0 Å². The summed E-state index contributed by atoms with van der Waals surface area (Å²) in [4.78, 5) is 6.79. The van der Waals surface area contributed by atoms with Gasteiger partial charge in [-0.3, -0.25) is 9.89 Å². The quantitative estimate of drug-likeness (QED) is 0.322. The lowest BCUT2D eigenvalue weighted by Crippen LogP contribution is -2.46. The van der Waals surface area contributed by atoms with Gasteiger partial charge in [0.15, 0.2) is 5.96 Å². The lowest BCUT2D eigenvalue weighted by molar-refractivity contribution is 0.0170. The van der Waals surface area contributed by atoms with E-state index in [0.717, 1.165) is 57.5 Å². The van der Waals surface area contributed by atoms with E-state index < -0.39 is 0 Å². The Morgan fingerprint density at radius 1 is 1.27 bits per heavy atom. The third-order valence-electron chi connectivity index (χ3n) is 4.51. The third kappa shape index (κ3) is 6.35. The molecule has 2 rings (SSSR count). The van der Waals surface area contributed by atoms with E-state index in [-0.39, 0.29) is 6.04 Å². The fraction of sp³-hybridized carbons (Fsp3) is 0.550. The topological polar surface area (TPSA) is 58.1 Å². The van der Waals surface area contributed by atoms with Gasteiger partial charge in [-0.05, 0) is 31.0 Å². The fourth-order valence-corrected chi connectivity index (χ4v) is 3.03. The molecule has 0 saturated carbocycles. The first-order chi connectivity index (χ1) is 12.8. The van der Waals surface area contributed by atoms with Crippen molar-refractivity contribution in [2.45, 2.75) is 19.4 Å². The summed E-state index contributed by atoms with van der Waals surface area (Å²) in [5, 5.41) is 6.83. The van der Waals surface area contributed by atoms with Crippen LogP contribution in [0.5, 0.6) is 5.75 Å². The minimum atomic E-state index is 0.263. The van der Waals surface area contributed by atoms with Crippen LogP contribution in [0, 0.1) is 0 Å². The maximum atomic E-state index is 5.52. The highest BCUT2D eigenvalue weighted by atomic mass is 16.5. The van der Waals surface area contributed by atoms with E-state index in [2.05, 4.69) is 44.8 Å². The van der Waals surface area contributed by atoms with Gasteiger partial charge in [-0.15, -0.1) is 0 Å². The molecule has 0 aromatic heterocycles. The zero-order valence-corrected chi connectivity index (χ0v) is 16.2. The first-order valence-electron chi connectivity index (χ1n) is 9.30. The van der Waals surface area contributed by atoms with E-state index in [0.29, 0.717) is 0 Å². The third-order valence-corrected chi connectivity index (χ3v) is 4.51. The van der Waals surface area contributed by atoms with Crippen molar-refractivity contribution in [1.29, 1.82) is 0 Å². The molecule has 2 N–H and O–H groups in total. The largest absolute Gasteiger partial charge is 0.497 e. The van der Waals surface area contributed by atoms with Crippen LogP contribution >= 0.6 is 0 Å². The van der Waals surface area contributed by atoms with Crippen molar-refractivity contribution < 1.29 is 9.47 Å². The van der Waals surface area contributed by atoms with Gasteiger partial charge in [-0.1, -0.05) is 24.3 Å². The monoisotopic (exact) mass is 360 g/mol. The van der Waals surface area contributed by atoms with Crippen molar-refractivity contribution in [3.8, 4) is 5.75 Å². The van der Waals surface area contributed by atoms with Crippen LogP contribution in [0.1, 0.15) is 24.9 Å². The Hall–Kier alpha value is -2.05. The molecule has 6 heteroatoms. The normalized spacial score (nSPS) is 17.3. The number of methoxy groups -OCH3 is 1. The molecular formula is C20H32N4O2. The van der Waals surface area contributed by atoms with Gasteiger partial charge in [0.25, 0.3) is 0 Å². The van der Waals surface area contributed by atoms with Crippen molar-refractivity contribution in [2.75, 3.05) is 53.6 Å². The van der Waals surface area contributed by atoms with Gasteiger partial charge in [0, 0.05) is 33.2 Å². The molecule has 0 bridgehead atoms. The molecule has 0 spiro atoms. The number of nitrogens with one attached hydrogen (secondary N) is 2. The van der Waals surface area contributed by atoms with E-state index in [4.69, 9.17) is 9.47 Å². The van der Waals surface area contributed by atoms with Gasteiger partial charge in [-0.2, -0.15) is 0 Å². The Bertz CT molecular complexity index is 566. The van der Waals surface area contributed by atoms with Crippen molar-refractivity contribution in [3.63, 3.8) is 0 Å². The Morgan fingerprint density at radius 2 is 2.00 bits per heavy atom. The van der Waals surface area contributed by atoms with Gasteiger partial charge < -0.3 is 20.1 Å². The van der Waals surface area contributed by atoms with Gasteiger partial charge >= 0.3 is 0 Å². The van der Waals surface area contributed by atoms with E-state index in [1.807, 2.05) is 26.1 Å². The van der Waals surface area contributed by atoms with E-state index in [9.17, 15) is 0 Å². The first kappa shape index (κ1) is 20.3. The number of hydrogen-bond acceptors (Lipinski definition) is 4. The standard InChI is InChI=1S/C20H32N4O2/c1-4-5-6-11-22-20(21-2)23-16-19(24-12-14-26-15-13-24)17-7-9-18(25-3)10-8-17/h4-5,7-10,19H,6,11-16H2,1-3H3,(H2,21,22,23). The SMILES string of the molecule is CC=CCCNC(=NC)NCC(c1ccc(OC)cc1)N1CCOCC1. The van der Waals surface area contributed by atoms with Crippen LogP contribution in [-0.4, -0.2) is 64.4 Å². The zero-order valence-electron chi connectivity index (χ0n) is 16.2. The van der Waals surface area contributed by atoms with Gasteiger partial charge in [0.05, 0.1) is 26.4 Å². The van der Waals surface area contributed by atoms with Crippen LogP contribution in [-0.2, 0) is 4.74 Å². The molecule has 1 aliphatic rings. The van der Waals surface area contributed by atoms with Crippen molar-refractivity contribution >= 4 is 5.96 Å². The lowest BCUT2D eigenvalue weighted by Gasteiger charge is -2.35. The maximum absolute atomic E-state index is 5.52. The molecule has 1 atom stereocenters. The fourth-order valence-electron chi connectivity index (χ4n) is 3.03. The van der Waals surface area contributed by atoms with Crippen molar-refractivity contribution in [1.82, 2.24) is 15.5 Å². The highest BCUT2D eigenvalue weighted by molar-refractivity contribution is 5.79. The Kier molecular flexibility index (Phi) is 9.00. The van der Waals surface area contributed by atoms with Gasteiger partial charge in [0.2, 0.25) is 0 Å². The van der Waals surface area contributed by atoms with Gasteiger partial charge in [0.1, 0.15) is 5.75 Å². The van der Waals surface area contributed by atoms with Crippen LogP contribution in [0.4, 0.5) is 0 Å². The summed E-state index contributed by atoms with van der Waals surface area (Å²) in [5.41, 5.74) is 1.27. The van der Waals surface area contributed by atoms with Crippen LogP contribution in [0.2, 0.25) is 0 Å². The molecule has 0 radical (unpaired) electrons. The Morgan fingerprint density at radius 3 is 2.62 bits per heavy atom. The number of allylic oxidation sites excluding steroid dienone is 1. The molecule has 1 aromatic rings. The maximum Gasteiger partial charge on any atom is 0.191 e. The number of benzene rings is 1. The second-order valence-corrected chi connectivity index (χ2v) is 6.17. The van der Waals surface area contributed by atoms with Crippen LogP contribution in [0.25, 0.3) is 0 Å². The summed E-state index contributed by atoms with van der Waals surface area (Å²) in [6.45, 7) is 7.13. The summed E-state index contributed by atoms with van der Waals surface area (Å²) < 4.78 is 10.8. The minimum absolute atomic E-state index is 0.263. The number of nitrogens with zero attached hydrogens (tertiary/aromatic N) is 2. The molecule has 1 unspecified atom stereocenters. The van der Waals surface area contributed by atoms with E-state index >= 15 is 0 Å². The number of morpholine rings is 1. The van der Waals surface area contributed by atoms with E-state index in [1.165, 1.54) is 5.56 Å². The molecule has 26 heavy (non-hydrogen) atoms. The number of ether oxygens (including phenoxy) is 2. The molecule has 0 amide bonds. The zero-order chi connectivity index (χ0) is 18.6. The molecule has 1 aliphatic heterocycles. The highest BCUT2D eigenvalue weighted by Crippen LogP contribution is 2.23.